The van der Waals surface area contributed by atoms with Crippen LogP contribution >= 0.6 is 11.6 Å². The first kappa shape index (κ1) is 13.1. The van der Waals surface area contributed by atoms with Gasteiger partial charge in [0.2, 0.25) is 0 Å². The molecule has 2 aromatic rings. The Labute approximate surface area is 113 Å². The lowest BCUT2D eigenvalue weighted by Gasteiger charge is -2.10. The van der Waals surface area contributed by atoms with E-state index in [1.54, 1.807) is 24.3 Å². The van der Waals surface area contributed by atoms with Gasteiger partial charge in [0.1, 0.15) is 0 Å². The first-order chi connectivity index (χ1) is 9.02. The average molecular weight is 277 g/mol. The van der Waals surface area contributed by atoms with E-state index < -0.39 is 11.9 Å². The number of rotatable bonds is 3. The van der Waals surface area contributed by atoms with Crippen molar-refractivity contribution in [3.63, 3.8) is 0 Å². The average Bonchev–Trinajstić information content (AvgIpc) is 2.37. The summed E-state index contributed by atoms with van der Waals surface area (Å²) in [5.41, 5.74) is 0.554. The van der Waals surface area contributed by atoms with Gasteiger partial charge in [-0.3, -0.25) is 0 Å². The van der Waals surface area contributed by atoms with Gasteiger partial charge in [0.15, 0.2) is 0 Å². The van der Waals surface area contributed by atoms with Crippen molar-refractivity contribution >= 4 is 23.5 Å². The van der Waals surface area contributed by atoms with Crippen LogP contribution in [0.5, 0.6) is 0 Å². The molecule has 0 saturated carbocycles. The van der Waals surface area contributed by atoms with E-state index in [0.29, 0.717) is 5.56 Å². The molecule has 0 fully saturated rings. The van der Waals surface area contributed by atoms with Gasteiger partial charge in [0.05, 0.1) is 16.1 Å². The van der Waals surface area contributed by atoms with Gasteiger partial charge >= 0.3 is 11.9 Å². The molecule has 96 valence electrons. The smallest absolute Gasteiger partial charge is 0.337 e. The van der Waals surface area contributed by atoms with Gasteiger partial charge in [-0.2, -0.15) is 0 Å². The molecule has 0 bridgehead atoms. The van der Waals surface area contributed by atoms with Gasteiger partial charge in [0, 0.05) is 0 Å². The molecule has 4 nitrogen and oxygen atoms in total. The van der Waals surface area contributed by atoms with E-state index in [4.69, 9.17) is 16.7 Å². The fraction of sp³-hybridized carbons (Fsp3) is 0. The Bertz CT molecular complexity index is 664. The van der Waals surface area contributed by atoms with E-state index in [-0.39, 0.29) is 21.7 Å². The van der Waals surface area contributed by atoms with Crippen molar-refractivity contribution in [2.75, 3.05) is 0 Å². The zero-order valence-corrected chi connectivity index (χ0v) is 10.4. The van der Waals surface area contributed by atoms with Crippen LogP contribution in [0, 0.1) is 0 Å². The highest BCUT2D eigenvalue weighted by molar-refractivity contribution is 6.34. The second kappa shape index (κ2) is 5.12. The standard InChI is InChI=1S/C14H9ClO4/c15-11-7-3-6-9(12(11)14(18)19)8-4-1-2-5-10(8)13(16)17/h1-7H,(H,16,17)(H,18,19). The summed E-state index contributed by atoms with van der Waals surface area (Å²) in [5.74, 6) is -2.31. The van der Waals surface area contributed by atoms with Crippen molar-refractivity contribution in [1.82, 2.24) is 0 Å². The van der Waals surface area contributed by atoms with Gasteiger partial charge < -0.3 is 10.2 Å². The quantitative estimate of drug-likeness (QED) is 0.901. The number of hydrogen-bond acceptors (Lipinski definition) is 2. The van der Waals surface area contributed by atoms with Gasteiger partial charge in [0.25, 0.3) is 0 Å². The summed E-state index contributed by atoms with van der Waals surface area (Å²) >= 11 is 5.88. The lowest BCUT2D eigenvalue weighted by molar-refractivity contribution is 0.0684. The molecule has 0 unspecified atom stereocenters. The molecular weight excluding hydrogens is 268 g/mol. The molecule has 0 aromatic heterocycles. The zero-order valence-electron chi connectivity index (χ0n) is 9.63. The molecule has 0 aliphatic heterocycles. The molecule has 0 saturated heterocycles. The Morgan fingerprint density at radius 2 is 1.47 bits per heavy atom. The lowest BCUT2D eigenvalue weighted by Crippen LogP contribution is -2.04. The van der Waals surface area contributed by atoms with Crippen molar-refractivity contribution < 1.29 is 19.8 Å². The van der Waals surface area contributed by atoms with Crippen LogP contribution < -0.4 is 0 Å². The Hall–Kier alpha value is -2.33. The molecule has 0 amide bonds. The summed E-state index contributed by atoms with van der Waals surface area (Å²) in [6.07, 6.45) is 0. The van der Waals surface area contributed by atoms with Gasteiger partial charge in [-0.05, 0) is 23.3 Å². The number of hydrogen-bond donors (Lipinski definition) is 2. The predicted molar refractivity (Wildman–Crippen MR) is 70.8 cm³/mol. The highest BCUT2D eigenvalue weighted by Crippen LogP contribution is 2.31. The minimum atomic E-state index is -1.19. The molecule has 0 aliphatic carbocycles. The Morgan fingerprint density at radius 3 is 2.11 bits per heavy atom. The molecule has 2 aromatic carbocycles. The zero-order chi connectivity index (χ0) is 14.0. The van der Waals surface area contributed by atoms with Crippen molar-refractivity contribution in [3.05, 3.63) is 58.6 Å². The van der Waals surface area contributed by atoms with Crippen LogP contribution in [-0.2, 0) is 0 Å². The minimum absolute atomic E-state index is 0.0345. The van der Waals surface area contributed by atoms with Crippen LogP contribution in [-0.4, -0.2) is 22.2 Å². The Kier molecular flexibility index (Phi) is 3.53. The number of carbonyl (C=O) groups is 2. The molecule has 2 N–H and O–H groups in total. The SMILES string of the molecule is O=C(O)c1ccccc1-c1cccc(Cl)c1C(=O)O. The van der Waals surface area contributed by atoms with Crippen LogP contribution in [0.25, 0.3) is 11.1 Å². The molecule has 0 spiro atoms. The summed E-state index contributed by atoms with van der Waals surface area (Å²) in [7, 11) is 0. The Balaban J connectivity index is 2.76. The van der Waals surface area contributed by atoms with Crippen molar-refractivity contribution in [1.29, 1.82) is 0 Å². The number of benzene rings is 2. The second-order valence-corrected chi connectivity index (χ2v) is 4.23. The molecule has 2 rings (SSSR count). The van der Waals surface area contributed by atoms with Crippen LogP contribution in [0.15, 0.2) is 42.5 Å². The normalized spacial score (nSPS) is 10.2. The number of carboxylic acid groups (broad SMARTS) is 2. The first-order valence-corrected chi connectivity index (χ1v) is 5.74. The number of halogens is 1. The monoisotopic (exact) mass is 276 g/mol. The van der Waals surface area contributed by atoms with Gasteiger partial charge in [-0.25, -0.2) is 9.59 Å². The fourth-order valence-electron chi connectivity index (χ4n) is 1.87. The van der Waals surface area contributed by atoms with Crippen molar-refractivity contribution in [3.8, 4) is 11.1 Å². The van der Waals surface area contributed by atoms with Gasteiger partial charge in [-0.1, -0.05) is 41.9 Å². The van der Waals surface area contributed by atoms with E-state index in [0.717, 1.165) is 0 Å². The molecule has 5 heteroatoms. The third kappa shape index (κ3) is 2.44. The lowest BCUT2D eigenvalue weighted by atomic mass is 9.95. The highest BCUT2D eigenvalue weighted by Gasteiger charge is 2.19. The molecular formula is C14H9ClO4. The van der Waals surface area contributed by atoms with Crippen LogP contribution in [0.3, 0.4) is 0 Å². The molecule has 0 radical (unpaired) electrons. The molecule has 0 atom stereocenters. The van der Waals surface area contributed by atoms with E-state index in [9.17, 15) is 14.7 Å². The fourth-order valence-corrected chi connectivity index (χ4v) is 2.13. The summed E-state index contributed by atoms with van der Waals surface area (Å²) in [4.78, 5) is 22.4. The largest absolute Gasteiger partial charge is 0.478 e. The van der Waals surface area contributed by atoms with E-state index in [1.807, 2.05) is 0 Å². The number of carboxylic acids is 2. The van der Waals surface area contributed by atoms with Gasteiger partial charge in [-0.15, -0.1) is 0 Å². The second-order valence-electron chi connectivity index (χ2n) is 3.82. The molecule has 19 heavy (non-hydrogen) atoms. The maximum absolute atomic E-state index is 11.3. The van der Waals surface area contributed by atoms with Crippen LogP contribution in [0.4, 0.5) is 0 Å². The summed E-state index contributed by atoms with van der Waals surface area (Å²) in [6, 6.07) is 10.8. The topological polar surface area (TPSA) is 74.6 Å². The van der Waals surface area contributed by atoms with E-state index in [2.05, 4.69) is 0 Å². The first-order valence-electron chi connectivity index (χ1n) is 5.37. The van der Waals surface area contributed by atoms with Crippen molar-refractivity contribution in [2.45, 2.75) is 0 Å². The summed E-state index contributed by atoms with van der Waals surface area (Å²) < 4.78 is 0. The van der Waals surface area contributed by atoms with Crippen molar-refractivity contribution in [2.24, 2.45) is 0 Å². The Morgan fingerprint density at radius 1 is 0.842 bits per heavy atom. The molecule has 0 aliphatic rings. The van der Waals surface area contributed by atoms with Crippen LogP contribution in [0.1, 0.15) is 20.7 Å². The minimum Gasteiger partial charge on any atom is -0.478 e. The summed E-state index contributed by atoms with van der Waals surface area (Å²) in [6.45, 7) is 0. The third-order valence-corrected chi connectivity index (χ3v) is 2.99. The summed E-state index contributed by atoms with van der Waals surface area (Å²) in [5, 5.41) is 18.4. The molecule has 0 heterocycles. The van der Waals surface area contributed by atoms with E-state index in [1.165, 1.54) is 18.2 Å². The number of aromatic carboxylic acids is 2. The predicted octanol–water partition coefficient (Wildman–Crippen LogP) is 3.40. The van der Waals surface area contributed by atoms with E-state index >= 15 is 0 Å². The maximum Gasteiger partial charge on any atom is 0.337 e. The van der Waals surface area contributed by atoms with Crippen LogP contribution in [0.2, 0.25) is 5.02 Å². The maximum atomic E-state index is 11.3. The highest BCUT2D eigenvalue weighted by atomic mass is 35.5. The third-order valence-electron chi connectivity index (χ3n) is 2.68.